The van der Waals surface area contributed by atoms with E-state index in [-0.39, 0.29) is 11.7 Å². The molecule has 0 unspecified atom stereocenters. The molecule has 3 N–H and O–H groups in total. The van der Waals surface area contributed by atoms with Crippen LogP contribution in [0, 0.1) is 5.41 Å². The van der Waals surface area contributed by atoms with Gasteiger partial charge in [0.1, 0.15) is 5.75 Å². The monoisotopic (exact) mass is 290 g/mol. The summed E-state index contributed by atoms with van der Waals surface area (Å²) in [7, 11) is 0. The van der Waals surface area contributed by atoms with Crippen LogP contribution in [0.3, 0.4) is 0 Å². The van der Waals surface area contributed by atoms with Gasteiger partial charge in [0.15, 0.2) is 0 Å². The molecule has 0 bridgehead atoms. The summed E-state index contributed by atoms with van der Waals surface area (Å²) in [6.07, 6.45) is 3.67. The fraction of sp³-hybridized carbons (Fsp3) is 0.588. The van der Waals surface area contributed by atoms with Crippen LogP contribution in [0.5, 0.6) is 5.75 Å². The van der Waals surface area contributed by atoms with Gasteiger partial charge >= 0.3 is 0 Å². The maximum Gasteiger partial charge on any atom is 0.230 e. The molecule has 4 heteroatoms. The normalized spacial score (nSPS) is 15.0. The molecular weight excluding hydrogens is 264 g/mol. The quantitative estimate of drug-likeness (QED) is 0.811. The maximum absolute atomic E-state index is 13.0. The number of carbonyl (C=O) groups excluding carboxylic acids is 1. The molecule has 0 radical (unpaired) electrons. The average molecular weight is 290 g/mol. The standard InChI is InChI=1S/C17H26N2O2/c1-3-17(4-2,12-18)16(21)19(14-8-9-14)11-13-6-5-7-15(20)10-13/h5-7,10,14,20H,3-4,8-9,11-12,18H2,1-2H3. The number of hydrogen-bond acceptors (Lipinski definition) is 3. The summed E-state index contributed by atoms with van der Waals surface area (Å²) in [5, 5.41) is 9.59. The van der Waals surface area contributed by atoms with Crippen molar-refractivity contribution in [2.24, 2.45) is 11.1 Å². The first-order valence-corrected chi connectivity index (χ1v) is 7.85. The van der Waals surface area contributed by atoms with E-state index in [4.69, 9.17) is 5.73 Å². The number of nitrogens with two attached hydrogens (primary N) is 1. The van der Waals surface area contributed by atoms with Gasteiger partial charge in [-0.1, -0.05) is 26.0 Å². The Hall–Kier alpha value is -1.55. The number of phenolic OH excluding ortho intramolecular Hbond substituents is 1. The van der Waals surface area contributed by atoms with Crippen molar-refractivity contribution in [3.63, 3.8) is 0 Å². The molecule has 1 aromatic carbocycles. The maximum atomic E-state index is 13.0. The fourth-order valence-corrected chi connectivity index (χ4v) is 2.84. The van der Waals surface area contributed by atoms with Gasteiger partial charge in [0.05, 0.1) is 5.41 Å². The summed E-state index contributed by atoms with van der Waals surface area (Å²) in [5.41, 5.74) is 6.44. The van der Waals surface area contributed by atoms with Crippen molar-refractivity contribution in [3.05, 3.63) is 29.8 Å². The number of carbonyl (C=O) groups is 1. The zero-order valence-corrected chi connectivity index (χ0v) is 13.0. The van der Waals surface area contributed by atoms with E-state index in [0.29, 0.717) is 19.1 Å². The second-order valence-corrected chi connectivity index (χ2v) is 6.03. The van der Waals surface area contributed by atoms with Crippen LogP contribution >= 0.6 is 0 Å². The molecule has 4 nitrogen and oxygen atoms in total. The van der Waals surface area contributed by atoms with Crippen molar-refractivity contribution in [2.45, 2.75) is 52.1 Å². The molecule has 116 valence electrons. The molecule has 0 saturated heterocycles. The number of rotatable bonds is 7. The van der Waals surface area contributed by atoms with E-state index >= 15 is 0 Å². The number of nitrogens with zero attached hydrogens (tertiary/aromatic N) is 1. The highest BCUT2D eigenvalue weighted by Gasteiger charge is 2.42. The van der Waals surface area contributed by atoms with Crippen molar-refractivity contribution >= 4 is 5.91 Å². The lowest BCUT2D eigenvalue weighted by atomic mass is 9.80. The summed E-state index contributed by atoms with van der Waals surface area (Å²) >= 11 is 0. The van der Waals surface area contributed by atoms with Crippen LogP contribution in [0.15, 0.2) is 24.3 Å². The Morgan fingerprint density at radius 2 is 2.05 bits per heavy atom. The molecule has 1 amide bonds. The Morgan fingerprint density at radius 1 is 1.38 bits per heavy atom. The Morgan fingerprint density at radius 3 is 2.52 bits per heavy atom. The van der Waals surface area contributed by atoms with E-state index in [2.05, 4.69) is 0 Å². The number of benzene rings is 1. The summed E-state index contributed by atoms with van der Waals surface area (Å²) < 4.78 is 0. The molecular formula is C17H26N2O2. The lowest BCUT2D eigenvalue weighted by molar-refractivity contribution is -0.143. The Balaban J connectivity index is 2.21. The van der Waals surface area contributed by atoms with Crippen molar-refractivity contribution in [3.8, 4) is 5.75 Å². The topological polar surface area (TPSA) is 66.6 Å². The van der Waals surface area contributed by atoms with Crippen LogP contribution < -0.4 is 5.73 Å². The van der Waals surface area contributed by atoms with Crippen LogP contribution in [0.4, 0.5) is 0 Å². The predicted octanol–water partition coefficient (Wildman–Crippen LogP) is 2.65. The predicted molar refractivity (Wildman–Crippen MR) is 83.7 cm³/mol. The van der Waals surface area contributed by atoms with Gasteiger partial charge in [-0.3, -0.25) is 4.79 Å². The molecule has 2 rings (SSSR count). The highest BCUT2D eigenvalue weighted by atomic mass is 16.3. The van der Waals surface area contributed by atoms with Gasteiger partial charge in [-0.05, 0) is 43.4 Å². The zero-order chi connectivity index (χ0) is 15.5. The number of hydrogen-bond donors (Lipinski definition) is 2. The third kappa shape index (κ3) is 3.38. The molecule has 0 atom stereocenters. The second kappa shape index (κ2) is 6.48. The fourth-order valence-electron chi connectivity index (χ4n) is 2.84. The van der Waals surface area contributed by atoms with E-state index in [1.165, 1.54) is 0 Å². The van der Waals surface area contributed by atoms with Gasteiger partial charge < -0.3 is 15.7 Å². The van der Waals surface area contributed by atoms with Crippen LogP contribution in [-0.4, -0.2) is 28.5 Å². The molecule has 1 aromatic rings. The number of aromatic hydroxyl groups is 1. The van der Waals surface area contributed by atoms with Crippen LogP contribution in [0.25, 0.3) is 0 Å². The Bertz CT molecular complexity index is 485. The molecule has 0 aliphatic heterocycles. The average Bonchev–Trinajstić information content (AvgIpc) is 3.32. The van der Waals surface area contributed by atoms with Crippen molar-refractivity contribution in [1.29, 1.82) is 0 Å². The van der Waals surface area contributed by atoms with E-state index in [1.807, 2.05) is 30.9 Å². The van der Waals surface area contributed by atoms with E-state index in [1.54, 1.807) is 12.1 Å². The number of amides is 1. The minimum atomic E-state index is -0.445. The molecule has 1 aliphatic carbocycles. The first-order chi connectivity index (χ1) is 10.1. The van der Waals surface area contributed by atoms with Crippen molar-refractivity contribution < 1.29 is 9.90 Å². The van der Waals surface area contributed by atoms with E-state index in [0.717, 1.165) is 31.2 Å². The summed E-state index contributed by atoms with van der Waals surface area (Å²) in [6.45, 7) is 5.02. The minimum Gasteiger partial charge on any atom is -0.508 e. The molecule has 0 heterocycles. The van der Waals surface area contributed by atoms with Gasteiger partial charge in [-0.25, -0.2) is 0 Å². The Labute approximate surface area is 126 Å². The second-order valence-electron chi connectivity index (χ2n) is 6.03. The highest BCUT2D eigenvalue weighted by Crippen LogP contribution is 2.35. The van der Waals surface area contributed by atoms with E-state index < -0.39 is 5.41 Å². The third-order valence-electron chi connectivity index (χ3n) is 4.71. The zero-order valence-electron chi connectivity index (χ0n) is 13.0. The molecule has 0 spiro atoms. The molecule has 1 fully saturated rings. The van der Waals surface area contributed by atoms with Crippen LogP contribution in [0.1, 0.15) is 45.1 Å². The number of phenols is 1. The first kappa shape index (κ1) is 15.8. The minimum absolute atomic E-state index is 0.167. The molecule has 0 aromatic heterocycles. The molecule has 1 saturated carbocycles. The van der Waals surface area contributed by atoms with Gasteiger partial charge in [0.25, 0.3) is 0 Å². The molecule has 1 aliphatic rings. The van der Waals surface area contributed by atoms with Crippen LogP contribution in [0.2, 0.25) is 0 Å². The van der Waals surface area contributed by atoms with Gasteiger partial charge in [0.2, 0.25) is 5.91 Å². The van der Waals surface area contributed by atoms with Gasteiger partial charge in [-0.2, -0.15) is 0 Å². The van der Waals surface area contributed by atoms with Gasteiger partial charge in [-0.15, -0.1) is 0 Å². The third-order valence-corrected chi connectivity index (χ3v) is 4.71. The summed E-state index contributed by atoms with van der Waals surface area (Å²) in [4.78, 5) is 15.0. The van der Waals surface area contributed by atoms with E-state index in [9.17, 15) is 9.90 Å². The SMILES string of the molecule is CCC(CC)(CN)C(=O)N(Cc1cccc(O)c1)C1CC1. The van der Waals surface area contributed by atoms with Crippen molar-refractivity contribution in [1.82, 2.24) is 4.90 Å². The lowest BCUT2D eigenvalue weighted by Gasteiger charge is -2.35. The summed E-state index contributed by atoms with van der Waals surface area (Å²) in [6, 6.07) is 7.48. The van der Waals surface area contributed by atoms with Crippen LogP contribution in [-0.2, 0) is 11.3 Å². The molecule has 21 heavy (non-hydrogen) atoms. The lowest BCUT2D eigenvalue weighted by Crippen LogP contribution is -2.48. The highest BCUT2D eigenvalue weighted by molar-refractivity contribution is 5.83. The smallest absolute Gasteiger partial charge is 0.230 e. The Kier molecular flexibility index (Phi) is 4.88. The largest absolute Gasteiger partial charge is 0.508 e. The van der Waals surface area contributed by atoms with Crippen molar-refractivity contribution in [2.75, 3.05) is 6.54 Å². The summed E-state index contributed by atoms with van der Waals surface area (Å²) in [5.74, 6) is 0.410. The first-order valence-electron chi connectivity index (χ1n) is 7.85. The van der Waals surface area contributed by atoms with Gasteiger partial charge in [0, 0.05) is 19.1 Å².